The van der Waals surface area contributed by atoms with Gasteiger partial charge in [0.15, 0.2) is 0 Å². The number of hydrogen-bond donors (Lipinski definition) is 1. The summed E-state index contributed by atoms with van der Waals surface area (Å²) in [6, 6.07) is 6.40. The third-order valence-electron chi connectivity index (χ3n) is 1.92. The van der Waals surface area contributed by atoms with Gasteiger partial charge in [-0.1, -0.05) is 0 Å². The lowest BCUT2D eigenvalue weighted by Gasteiger charge is -2.11. The van der Waals surface area contributed by atoms with E-state index < -0.39 is 18.8 Å². The summed E-state index contributed by atoms with van der Waals surface area (Å²) in [5.74, 6) is -0.621. The van der Waals surface area contributed by atoms with Gasteiger partial charge in [-0.15, -0.1) is 0 Å². The van der Waals surface area contributed by atoms with E-state index in [2.05, 4.69) is 5.32 Å². The Morgan fingerprint density at radius 2 is 2.05 bits per heavy atom. The average Bonchev–Trinajstić information content (AvgIpc) is 2.38. The Morgan fingerprint density at radius 3 is 2.63 bits per heavy atom. The Morgan fingerprint density at radius 1 is 1.37 bits per heavy atom. The van der Waals surface area contributed by atoms with Crippen molar-refractivity contribution in [3.05, 3.63) is 35.8 Å². The molecule has 1 aromatic rings. The van der Waals surface area contributed by atoms with Gasteiger partial charge in [0.05, 0.1) is 5.69 Å². The third-order valence-corrected chi connectivity index (χ3v) is 1.92. The summed E-state index contributed by atoms with van der Waals surface area (Å²) in [6.07, 6.45) is -1.63. The van der Waals surface area contributed by atoms with E-state index in [1.54, 1.807) is 12.1 Å². The number of ether oxygens (including phenoxy) is 1. The van der Waals surface area contributed by atoms with Crippen LogP contribution in [0.5, 0.6) is 5.75 Å². The van der Waals surface area contributed by atoms with Crippen LogP contribution in [0.4, 0.5) is 18.9 Å². The number of allylic oxidation sites excluding steroid dienone is 1. The second-order valence-corrected chi connectivity index (χ2v) is 3.27. The minimum atomic E-state index is -2.66. The van der Waals surface area contributed by atoms with E-state index in [4.69, 9.17) is 15.3 Å². The van der Waals surface area contributed by atoms with E-state index in [1.807, 2.05) is 0 Å². The van der Waals surface area contributed by atoms with Crippen molar-refractivity contribution in [1.82, 2.24) is 0 Å². The van der Waals surface area contributed by atoms with E-state index in [9.17, 15) is 13.2 Å². The van der Waals surface area contributed by atoms with Crippen LogP contribution < -0.4 is 10.1 Å². The fourth-order valence-electron chi connectivity index (χ4n) is 1.13. The van der Waals surface area contributed by atoms with Gasteiger partial charge in [0, 0.05) is 12.3 Å². The molecule has 0 saturated carbocycles. The number of nitrogens with zero attached hydrogens (tertiary/aromatic N) is 2. The van der Waals surface area contributed by atoms with Crippen molar-refractivity contribution in [3.8, 4) is 17.9 Å². The van der Waals surface area contributed by atoms with Gasteiger partial charge in [0.25, 0.3) is 6.43 Å². The highest BCUT2D eigenvalue weighted by Crippen LogP contribution is 2.26. The molecule has 0 unspecified atom stereocenters. The zero-order valence-electron chi connectivity index (χ0n) is 9.53. The number of nitriles is 2. The monoisotopic (exact) mass is 267 g/mol. The van der Waals surface area contributed by atoms with Crippen LogP contribution in [0.3, 0.4) is 0 Å². The van der Waals surface area contributed by atoms with Gasteiger partial charge in [0.1, 0.15) is 35.9 Å². The Balaban J connectivity index is 2.92. The molecule has 0 aliphatic carbocycles. The van der Waals surface area contributed by atoms with Gasteiger partial charge in [0.2, 0.25) is 0 Å². The molecule has 0 amide bonds. The second-order valence-electron chi connectivity index (χ2n) is 3.27. The van der Waals surface area contributed by atoms with Crippen molar-refractivity contribution < 1.29 is 17.9 Å². The van der Waals surface area contributed by atoms with Crippen LogP contribution in [0.15, 0.2) is 30.0 Å². The molecule has 0 saturated heterocycles. The second kappa shape index (κ2) is 6.92. The molecule has 0 aliphatic heterocycles. The van der Waals surface area contributed by atoms with Crippen LogP contribution >= 0.6 is 0 Å². The number of nitrogens with one attached hydrogen (secondary N) is 1. The summed E-state index contributed by atoms with van der Waals surface area (Å²) >= 11 is 0. The Labute approximate surface area is 107 Å². The van der Waals surface area contributed by atoms with Gasteiger partial charge in [-0.3, -0.25) is 0 Å². The first-order valence-corrected chi connectivity index (χ1v) is 5.04. The van der Waals surface area contributed by atoms with Crippen molar-refractivity contribution >= 4 is 5.69 Å². The zero-order chi connectivity index (χ0) is 14.3. The van der Waals surface area contributed by atoms with E-state index in [-0.39, 0.29) is 17.0 Å². The fraction of sp³-hybridized carbons (Fsp3) is 0.167. The lowest BCUT2D eigenvalue weighted by Crippen LogP contribution is -2.08. The molecule has 98 valence electrons. The van der Waals surface area contributed by atoms with Gasteiger partial charge in [-0.2, -0.15) is 10.5 Å². The average molecular weight is 267 g/mol. The van der Waals surface area contributed by atoms with Crippen molar-refractivity contribution in [2.45, 2.75) is 6.43 Å². The molecule has 1 aromatic carbocycles. The molecule has 0 atom stereocenters. The highest BCUT2D eigenvalue weighted by atomic mass is 19.3. The fourth-order valence-corrected chi connectivity index (χ4v) is 1.13. The SMILES string of the molecule is N#CC(C#N)=CNc1cc(F)ccc1OCC(F)F. The number of anilines is 1. The first-order valence-electron chi connectivity index (χ1n) is 5.04. The van der Waals surface area contributed by atoms with Crippen LogP contribution in [0.25, 0.3) is 0 Å². The number of benzene rings is 1. The maximum absolute atomic E-state index is 13.0. The van der Waals surface area contributed by atoms with Gasteiger partial charge < -0.3 is 10.1 Å². The molecular weight excluding hydrogens is 259 g/mol. The lowest BCUT2D eigenvalue weighted by atomic mass is 10.2. The topological polar surface area (TPSA) is 68.8 Å². The molecule has 0 bridgehead atoms. The predicted octanol–water partition coefficient (Wildman–Crippen LogP) is 2.81. The van der Waals surface area contributed by atoms with E-state index in [1.165, 1.54) is 6.07 Å². The molecule has 0 heterocycles. The number of alkyl halides is 2. The number of halogens is 3. The predicted molar refractivity (Wildman–Crippen MR) is 60.8 cm³/mol. The Bertz CT molecular complexity index is 542. The smallest absolute Gasteiger partial charge is 0.272 e. The molecule has 0 radical (unpaired) electrons. The van der Waals surface area contributed by atoms with Crippen LogP contribution in [0.2, 0.25) is 0 Å². The van der Waals surface area contributed by atoms with Crippen molar-refractivity contribution in [3.63, 3.8) is 0 Å². The Hall–Kier alpha value is -2.67. The standard InChI is InChI=1S/C12H8F3N3O/c13-9-1-2-11(19-7-12(14)15)10(3-9)18-6-8(4-16)5-17/h1-3,6,12,18H,7H2. The van der Waals surface area contributed by atoms with Crippen LogP contribution in [-0.2, 0) is 0 Å². The summed E-state index contributed by atoms with van der Waals surface area (Å²) in [4.78, 5) is 0. The Kier molecular flexibility index (Phi) is 5.24. The summed E-state index contributed by atoms with van der Waals surface area (Å²) in [5, 5.41) is 19.5. The highest BCUT2D eigenvalue weighted by molar-refractivity contribution is 5.59. The third kappa shape index (κ3) is 4.60. The van der Waals surface area contributed by atoms with E-state index >= 15 is 0 Å². The van der Waals surface area contributed by atoms with Crippen LogP contribution in [0, 0.1) is 28.5 Å². The first kappa shape index (κ1) is 14.4. The molecule has 0 fully saturated rings. The van der Waals surface area contributed by atoms with Crippen molar-refractivity contribution in [1.29, 1.82) is 10.5 Å². The highest BCUT2D eigenvalue weighted by Gasteiger charge is 2.08. The molecule has 4 nitrogen and oxygen atoms in total. The molecule has 1 N–H and O–H groups in total. The molecular formula is C12H8F3N3O. The molecule has 0 spiro atoms. The van der Waals surface area contributed by atoms with Crippen LogP contribution in [0.1, 0.15) is 0 Å². The normalized spacial score (nSPS) is 9.37. The van der Waals surface area contributed by atoms with Gasteiger partial charge >= 0.3 is 0 Å². The molecule has 0 aromatic heterocycles. The minimum Gasteiger partial charge on any atom is -0.485 e. The maximum Gasteiger partial charge on any atom is 0.272 e. The van der Waals surface area contributed by atoms with Crippen LogP contribution in [-0.4, -0.2) is 13.0 Å². The van der Waals surface area contributed by atoms with Crippen molar-refractivity contribution in [2.75, 3.05) is 11.9 Å². The summed E-state index contributed by atoms with van der Waals surface area (Å²) in [7, 11) is 0. The maximum atomic E-state index is 13.0. The van der Waals surface area contributed by atoms with E-state index in [0.29, 0.717) is 0 Å². The lowest BCUT2D eigenvalue weighted by molar-refractivity contribution is 0.0822. The first-order chi connectivity index (χ1) is 9.06. The minimum absolute atomic E-state index is 0.00632. The molecule has 0 aliphatic rings. The zero-order valence-corrected chi connectivity index (χ0v) is 9.53. The molecule has 19 heavy (non-hydrogen) atoms. The van der Waals surface area contributed by atoms with Crippen molar-refractivity contribution in [2.24, 2.45) is 0 Å². The summed E-state index contributed by atoms with van der Waals surface area (Å²) in [5.41, 5.74) is -0.201. The van der Waals surface area contributed by atoms with Gasteiger partial charge in [-0.25, -0.2) is 13.2 Å². The number of hydrogen-bond acceptors (Lipinski definition) is 4. The van der Waals surface area contributed by atoms with Gasteiger partial charge in [-0.05, 0) is 12.1 Å². The molecule has 1 rings (SSSR count). The largest absolute Gasteiger partial charge is 0.485 e. The molecule has 7 heteroatoms. The van der Waals surface area contributed by atoms with E-state index in [0.717, 1.165) is 18.3 Å². The number of rotatable bonds is 5. The summed E-state index contributed by atoms with van der Waals surface area (Å²) < 4.78 is 41.9. The quantitative estimate of drug-likeness (QED) is 0.833. The summed E-state index contributed by atoms with van der Waals surface area (Å²) in [6.45, 7) is -0.840.